The predicted octanol–water partition coefficient (Wildman–Crippen LogP) is 4.33. The minimum absolute atomic E-state index is 0. The quantitative estimate of drug-likeness (QED) is 0.847. The first-order valence-corrected chi connectivity index (χ1v) is 9.08. The number of nitrogens with zero attached hydrogens (tertiary/aromatic N) is 2. The Morgan fingerprint density at radius 2 is 1.81 bits per heavy atom. The molecular formula is C21H27ClN2O2. The molecule has 1 saturated carbocycles. The molecule has 2 aromatic rings. The summed E-state index contributed by atoms with van der Waals surface area (Å²) in [6.07, 6.45) is 7.00. The van der Waals surface area contributed by atoms with E-state index in [1.54, 1.807) is 6.07 Å². The van der Waals surface area contributed by atoms with Gasteiger partial charge in [-0.3, -0.25) is 9.78 Å². The van der Waals surface area contributed by atoms with Gasteiger partial charge in [-0.1, -0.05) is 30.3 Å². The standard InChI is InChI=1S/C21H26N2O2.ClH/c1-23(21(25)14-7-16-5-3-2-4-6-16)18-10-8-17(9-11-18)20-13-12-19(24)15-22-20;/h2-6,12-13,15,17-18,24H,7-11,14H2,1H3;1H/t17-,18-;. The van der Waals surface area contributed by atoms with E-state index in [9.17, 15) is 9.90 Å². The molecule has 5 heteroatoms. The van der Waals surface area contributed by atoms with Gasteiger partial charge in [0.1, 0.15) is 5.75 Å². The predicted molar refractivity (Wildman–Crippen MR) is 106 cm³/mol. The molecule has 1 aromatic carbocycles. The third-order valence-corrected chi connectivity index (χ3v) is 5.30. The molecule has 1 fully saturated rings. The zero-order valence-electron chi connectivity index (χ0n) is 15.2. The van der Waals surface area contributed by atoms with Crippen molar-refractivity contribution in [2.45, 2.75) is 50.5 Å². The number of pyridine rings is 1. The van der Waals surface area contributed by atoms with Gasteiger partial charge in [0.05, 0.1) is 6.20 Å². The number of aryl methyl sites for hydroxylation is 1. The molecule has 0 bridgehead atoms. The molecule has 0 atom stereocenters. The van der Waals surface area contributed by atoms with Crippen molar-refractivity contribution in [2.24, 2.45) is 0 Å². The summed E-state index contributed by atoms with van der Waals surface area (Å²) in [4.78, 5) is 18.8. The summed E-state index contributed by atoms with van der Waals surface area (Å²) in [7, 11) is 1.94. The first-order valence-electron chi connectivity index (χ1n) is 9.08. The zero-order valence-corrected chi connectivity index (χ0v) is 16.0. The molecule has 4 nitrogen and oxygen atoms in total. The molecule has 1 aliphatic carbocycles. The minimum Gasteiger partial charge on any atom is -0.506 e. The Kier molecular flexibility index (Phi) is 7.46. The van der Waals surface area contributed by atoms with Crippen LogP contribution in [-0.2, 0) is 11.2 Å². The van der Waals surface area contributed by atoms with Gasteiger partial charge in [-0.05, 0) is 49.8 Å². The second kappa shape index (κ2) is 9.58. The Morgan fingerprint density at radius 3 is 2.42 bits per heavy atom. The number of amides is 1. The second-order valence-corrected chi connectivity index (χ2v) is 6.94. The largest absolute Gasteiger partial charge is 0.506 e. The van der Waals surface area contributed by atoms with Crippen LogP contribution in [0.3, 0.4) is 0 Å². The van der Waals surface area contributed by atoms with Crippen LogP contribution in [0.15, 0.2) is 48.7 Å². The molecule has 1 aliphatic rings. The van der Waals surface area contributed by atoms with Crippen LogP contribution in [0.4, 0.5) is 0 Å². The lowest BCUT2D eigenvalue weighted by Gasteiger charge is -2.34. The van der Waals surface area contributed by atoms with Crippen LogP contribution in [-0.4, -0.2) is 34.0 Å². The van der Waals surface area contributed by atoms with Crippen LogP contribution in [0.25, 0.3) is 0 Å². The van der Waals surface area contributed by atoms with Gasteiger partial charge in [-0.15, -0.1) is 12.4 Å². The van der Waals surface area contributed by atoms with Gasteiger partial charge in [-0.2, -0.15) is 0 Å². The molecule has 1 amide bonds. The fourth-order valence-corrected chi connectivity index (χ4v) is 3.67. The summed E-state index contributed by atoms with van der Waals surface area (Å²) in [6, 6.07) is 14.1. The molecule has 0 radical (unpaired) electrons. The van der Waals surface area contributed by atoms with E-state index in [-0.39, 0.29) is 24.1 Å². The summed E-state index contributed by atoms with van der Waals surface area (Å²) in [5.41, 5.74) is 2.26. The fourth-order valence-electron chi connectivity index (χ4n) is 3.67. The Labute approximate surface area is 161 Å². The number of carbonyl (C=O) groups excluding carboxylic acids is 1. The summed E-state index contributed by atoms with van der Waals surface area (Å²) in [6.45, 7) is 0. The Hall–Kier alpha value is -2.07. The van der Waals surface area contributed by atoms with E-state index in [2.05, 4.69) is 17.1 Å². The van der Waals surface area contributed by atoms with Crippen LogP contribution < -0.4 is 0 Å². The number of aromatic hydroxyl groups is 1. The number of hydrogen-bond acceptors (Lipinski definition) is 3. The topological polar surface area (TPSA) is 53.4 Å². The zero-order chi connectivity index (χ0) is 17.6. The highest BCUT2D eigenvalue weighted by molar-refractivity contribution is 5.85. The molecular weight excluding hydrogens is 348 g/mol. The number of aromatic nitrogens is 1. The maximum absolute atomic E-state index is 12.5. The van der Waals surface area contributed by atoms with E-state index in [1.165, 1.54) is 11.8 Å². The van der Waals surface area contributed by atoms with E-state index < -0.39 is 0 Å². The maximum atomic E-state index is 12.5. The van der Waals surface area contributed by atoms with Gasteiger partial charge in [0.15, 0.2) is 0 Å². The third kappa shape index (κ3) is 5.21. The smallest absolute Gasteiger partial charge is 0.222 e. The fraction of sp³-hybridized carbons (Fsp3) is 0.429. The number of halogens is 1. The molecule has 1 aromatic heterocycles. The van der Waals surface area contributed by atoms with Gasteiger partial charge in [-0.25, -0.2) is 0 Å². The summed E-state index contributed by atoms with van der Waals surface area (Å²) in [5, 5.41) is 9.36. The highest BCUT2D eigenvalue weighted by Gasteiger charge is 2.27. The first-order chi connectivity index (χ1) is 12.1. The van der Waals surface area contributed by atoms with E-state index in [4.69, 9.17) is 0 Å². The van der Waals surface area contributed by atoms with Gasteiger partial charge in [0.2, 0.25) is 5.91 Å². The maximum Gasteiger partial charge on any atom is 0.222 e. The molecule has 0 spiro atoms. The number of rotatable bonds is 5. The first kappa shape index (κ1) is 20.2. The number of benzene rings is 1. The summed E-state index contributed by atoms with van der Waals surface area (Å²) < 4.78 is 0. The molecule has 140 valence electrons. The van der Waals surface area contributed by atoms with Crippen molar-refractivity contribution in [1.82, 2.24) is 9.88 Å². The van der Waals surface area contributed by atoms with E-state index in [0.717, 1.165) is 37.8 Å². The SMILES string of the molecule is CN(C(=O)CCc1ccccc1)[C@H]1CC[C@H](c2ccc(O)cn2)CC1.Cl. The van der Waals surface area contributed by atoms with Crippen LogP contribution in [0.2, 0.25) is 0 Å². The summed E-state index contributed by atoms with van der Waals surface area (Å²) in [5.74, 6) is 0.876. The van der Waals surface area contributed by atoms with E-state index in [0.29, 0.717) is 18.4 Å². The normalized spacial score (nSPS) is 19.4. The Bertz CT molecular complexity index is 683. The van der Waals surface area contributed by atoms with Crippen molar-refractivity contribution in [1.29, 1.82) is 0 Å². The molecule has 1 heterocycles. The van der Waals surface area contributed by atoms with Gasteiger partial charge in [0, 0.05) is 31.1 Å². The molecule has 0 aliphatic heterocycles. The minimum atomic E-state index is 0. The average Bonchev–Trinajstić information content (AvgIpc) is 2.67. The van der Waals surface area contributed by atoms with Gasteiger partial charge in [0.25, 0.3) is 0 Å². The van der Waals surface area contributed by atoms with Crippen LogP contribution >= 0.6 is 12.4 Å². The van der Waals surface area contributed by atoms with Crippen LogP contribution in [0.1, 0.15) is 49.3 Å². The Morgan fingerprint density at radius 1 is 1.12 bits per heavy atom. The van der Waals surface area contributed by atoms with Gasteiger partial charge < -0.3 is 10.0 Å². The summed E-state index contributed by atoms with van der Waals surface area (Å²) >= 11 is 0. The van der Waals surface area contributed by atoms with Crippen molar-refractivity contribution < 1.29 is 9.90 Å². The van der Waals surface area contributed by atoms with Crippen molar-refractivity contribution in [3.05, 3.63) is 59.9 Å². The molecule has 1 N–H and O–H groups in total. The van der Waals surface area contributed by atoms with Crippen LogP contribution in [0.5, 0.6) is 5.75 Å². The van der Waals surface area contributed by atoms with E-state index >= 15 is 0 Å². The molecule has 0 unspecified atom stereocenters. The lowest BCUT2D eigenvalue weighted by molar-refractivity contribution is -0.132. The van der Waals surface area contributed by atoms with Crippen LogP contribution in [0, 0.1) is 0 Å². The number of hydrogen-bond donors (Lipinski definition) is 1. The highest BCUT2D eigenvalue weighted by atomic mass is 35.5. The van der Waals surface area contributed by atoms with Crippen molar-refractivity contribution in [2.75, 3.05) is 7.05 Å². The Balaban J connectivity index is 0.00000243. The molecule has 0 saturated heterocycles. The monoisotopic (exact) mass is 374 g/mol. The van der Waals surface area contributed by atoms with Gasteiger partial charge >= 0.3 is 0 Å². The van der Waals surface area contributed by atoms with Crippen molar-refractivity contribution >= 4 is 18.3 Å². The average molecular weight is 375 g/mol. The third-order valence-electron chi connectivity index (χ3n) is 5.30. The van der Waals surface area contributed by atoms with Crippen molar-refractivity contribution in [3.8, 4) is 5.75 Å². The van der Waals surface area contributed by atoms with E-state index in [1.807, 2.05) is 36.2 Å². The van der Waals surface area contributed by atoms with Crippen molar-refractivity contribution in [3.63, 3.8) is 0 Å². The lowest BCUT2D eigenvalue weighted by Crippen LogP contribution is -2.39. The second-order valence-electron chi connectivity index (χ2n) is 6.94. The molecule has 26 heavy (non-hydrogen) atoms. The molecule has 3 rings (SSSR count). The lowest BCUT2D eigenvalue weighted by atomic mass is 9.83. The number of carbonyl (C=O) groups is 1. The highest BCUT2D eigenvalue weighted by Crippen LogP contribution is 2.34.